The van der Waals surface area contributed by atoms with E-state index in [2.05, 4.69) is 21.2 Å². The molecule has 11 heteroatoms. The second-order valence-corrected chi connectivity index (χ2v) is 11.8. The average molecular weight is 534 g/mol. The number of piperidine rings is 1. The average Bonchev–Trinajstić information content (AvgIpc) is 3.46. The Balaban J connectivity index is 1.18. The molecule has 0 radical (unpaired) electrons. The minimum absolute atomic E-state index is 0.0171. The standard InChI is InChI=1S/C28H35N7O4/c1-28(2,3)39-27(38)33-17-22(13-23(36)18-33)34-16-21(14-30-34)20-12-25-24(6-7-29-35(25)15-20)31-8-10-32(11-9-31)26(37)19-4-5-19/h6-7,12,14-16,19,22H,4-5,8-11,13,17-18H2,1-3H3. The van der Waals surface area contributed by atoms with Gasteiger partial charge in [0.1, 0.15) is 5.60 Å². The molecule has 39 heavy (non-hydrogen) atoms. The molecule has 3 aromatic heterocycles. The predicted molar refractivity (Wildman–Crippen MR) is 144 cm³/mol. The van der Waals surface area contributed by atoms with Crippen molar-refractivity contribution in [3.63, 3.8) is 0 Å². The van der Waals surface area contributed by atoms with Crippen molar-refractivity contribution < 1.29 is 19.1 Å². The fourth-order valence-corrected chi connectivity index (χ4v) is 5.43. The third-order valence-electron chi connectivity index (χ3n) is 7.57. The zero-order chi connectivity index (χ0) is 27.3. The number of hydrogen-bond acceptors (Lipinski definition) is 7. The summed E-state index contributed by atoms with van der Waals surface area (Å²) in [7, 11) is 0. The zero-order valence-electron chi connectivity index (χ0n) is 22.7. The van der Waals surface area contributed by atoms with Crippen LogP contribution in [0.2, 0.25) is 0 Å². The second-order valence-electron chi connectivity index (χ2n) is 11.8. The first-order valence-electron chi connectivity index (χ1n) is 13.7. The van der Waals surface area contributed by atoms with Crippen LogP contribution in [0.4, 0.5) is 10.5 Å². The molecule has 3 aromatic rings. The molecule has 0 N–H and O–H groups in total. The monoisotopic (exact) mass is 533 g/mol. The van der Waals surface area contributed by atoms with Crippen LogP contribution in [0, 0.1) is 5.92 Å². The van der Waals surface area contributed by atoms with Gasteiger partial charge in [0.05, 0.1) is 30.0 Å². The van der Waals surface area contributed by atoms with Crippen molar-refractivity contribution in [1.29, 1.82) is 0 Å². The van der Waals surface area contributed by atoms with E-state index in [1.807, 2.05) is 48.6 Å². The van der Waals surface area contributed by atoms with Crippen LogP contribution < -0.4 is 4.90 Å². The molecule has 2 amide bonds. The predicted octanol–water partition coefficient (Wildman–Crippen LogP) is 3.01. The highest BCUT2D eigenvalue weighted by Gasteiger charge is 2.35. The first kappa shape index (κ1) is 25.4. The third-order valence-corrected chi connectivity index (χ3v) is 7.57. The zero-order valence-corrected chi connectivity index (χ0v) is 22.7. The van der Waals surface area contributed by atoms with Gasteiger partial charge in [-0.2, -0.15) is 10.2 Å². The lowest BCUT2D eigenvalue weighted by Crippen LogP contribution is -2.49. The number of aromatic nitrogens is 4. The van der Waals surface area contributed by atoms with Gasteiger partial charge in [-0.15, -0.1) is 0 Å². The first-order valence-corrected chi connectivity index (χ1v) is 13.7. The van der Waals surface area contributed by atoms with Gasteiger partial charge < -0.3 is 14.5 Å². The van der Waals surface area contributed by atoms with Crippen molar-refractivity contribution in [2.75, 3.05) is 44.2 Å². The topological polar surface area (TPSA) is 105 Å². The van der Waals surface area contributed by atoms with Crippen LogP contribution in [0.25, 0.3) is 16.6 Å². The highest BCUT2D eigenvalue weighted by Crippen LogP contribution is 2.33. The van der Waals surface area contributed by atoms with Gasteiger partial charge in [-0.3, -0.25) is 19.2 Å². The van der Waals surface area contributed by atoms with E-state index < -0.39 is 11.7 Å². The minimum Gasteiger partial charge on any atom is -0.444 e. The van der Waals surface area contributed by atoms with E-state index in [1.54, 1.807) is 17.1 Å². The molecule has 3 aliphatic rings. The first-order chi connectivity index (χ1) is 18.6. The Morgan fingerprint density at radius 3 is 2.49 bits per heavy atom. The number of ether oxygens (including phenoxy) is 1. The number of amides is 2. The Kier molecular flexibility index (Phi) is 6.31. The molecule has 3 fully saturated rings. The maximum Gasteiger partial charge on any atom is 0.410 e. The van der Waals surface area contributed by atoms with Crippen LogP contribution >= 0.6 is 0 Å². The highest BCUT2D eigenvalue weighted by molar-refractivity contribution is 5.86. The smallest absolute Gasteiger partial charge is 0.410 e. The van der Waals surface area contributed by atoms with Crippen LogP contribution in [-0.2, 0) is 14.3 Å². The maximum absolute atomic E-state index is 12.6. The molecule has 6 rings (SSSR count). The largest absolute Gasteiger partial charge is 0.444 e. The van der Waals surface area contributed by atoms with Crippen molar-refractivity contribution in [3.8, 4) is 11.1 Å². The summed E-state index contributed by atoms with van der Waals surface area (Å²) >= 11 is 0. The van der Waals surface area contributed by atoms with Gasteiger partial charge in [-0.05, 0) is 45.7 Å². The Bertz CT molecular complexity index is 1410. The fraction of sp³-hybridized carbons (Fsp3) is 0.536. The number of ketones is 1. The molecule has 2 aliphatic heterocycles. The lowest BCUT2D eigenvalue weighted by Gasteiger charge is -2.36. The molecule has 1 atom stereocenters. The van der Waals surface area contributed by atoms with Crippen molar-refractivity contribution in [1.82, 2.24) is 29.2 Å². The number of likely N-dealkylation sites (tertiary alicyclic amines) is 1. The number of fused-ring (bicyclic) bond motifs is 1. The van der Waals surface area contributed by atoms with Gasteiger partial charge in [-0.1, -0.05) is 0 Å². The Morgan fingerprint density at radius 1 is 1.00 bits per heavy atom. The number of carbonyl (C=O) groups is 3. The number of anilines is 1. The molecular formula is C28H35N7O4. The van der Waals surface area contributed by atoms with Crippen molar-refractivity contribution in [2.45, 2.75) is 51.7 Å². The van der Waals surface area contributed by atoms with E-state index in [1.165, 1.54) is 4.90 Å². The van der Waals surface area contributed by atoms with Crippen LogP contribution in [0.15, 0.2) is 36.9 Å². The van der Waals surface area contributed by atoms with Gasteiger partial charge >= 0.3 is 6.09 Å². The van der Waals surface area contributed by atoms with Crippen LogP contribution in [0.3, 0.4) is 0 Å². The van der Waals surface area contributed by atoms with Crippen molar-refractivity contribution in [3.05, 3.63) is 36.9 Å². The molecule has 11 nitrogen and oxygen atoms in total. The summed E-state index contributed by atoms with van der Waals surface area (Å²) < 4.78 is 9.13. The van der Waals surface area contributed by atoms with E-state index in [9.17, 15) is 14.4 Å². The second kappa shape index (κ2) is 9.69. The molecule has 206 valence electrons. The molecule has 0 aromatic carbocycles. The van der Waals surface area contributed by atoms with Gasteiger partial charge in [0.25, 0.3) is 0 Å². The number of rotatable bonds is 4. The number of hydrogen-bond donors (Lipinski definition) is 0. The van der Waals surface area contributed by atoms with Gasteiger partial charge in [0, 0.05) is 74.8 Å². The molecular weight excluding hydrogens is 498 g/mol. The molecule has 0 bridgehead atoms. The third kappa shape index (κ3) is 5.35. The molecule has 1 saturated carbocycles. The molecule has 2 saturated heterocycles. The van der Waals surface area contributed by atoms with Crippen LogP contribution in [0.1, 0.15) is 46.1 Å². The van der Waals surface area contributed by atoms with Crippen LogP contribution in [0.5, 0.6) is 0 Å². The molecule has 0 spiro atoms. The quantitative estimate of drug-likeness (QED) is 0.508. The molecule has 5 heterocycles. The van der Waals surface area contributed by atoms with E-state index in [-0.39, 0.29) is 24.3 Å². The van der Waals surface area contributed by atoms with E-state index >= 15 is 0 Å². The summed E-state index contributed by atoms with van der Waals surface area (Å²) in [6.07, 6.45) is 9.39. The Hall–Kier alpha value is -3.89. The number of Topliss-reactive ketones (excluding diaryl/α,β-unsaturated/α-hetero) is 1. The molecule has 1 aliphatic carbocycles. The number of nitrogens with zero attached hydrogens (tertiary/aromatic N) is 7. The minimum atomic E-state index is -0.627. The summed E-state index contributed by atoms with van der Waals surface area (Å²) in [6.45, 7) is 8.92. The highest BCUT2D eigenvalue weighted by atomic mass is 16.6. The molecule has 1 unspecified atom stereocenters. The summed E-state index contributed by atoms with van der Waals surface area (Å²) in [5.41, 5.74) is 3.33. The fourth-order valence-electron chi connectivity index (χ4n) is 5.43. The van der Waals surface area contributed by atoms with E-state index in [4.69, 9.17) is 4.74 Å². The lowest BCUT2D eigenvalue weighted by atomic mass is 10.1. The Labute approximate surface area is 227 Å². The summed E-state index contributed by atoms with van der Waals surface area (Å²) in [5, 5.41) is 9.07. The van der Waals surface area contributed by atoms with Crippen molar-refractivity contribution >= 4 is 29.0 Å². The van der Waals surface area contributed by atoms with Gasteiger partial charge in [0.2, 0.25) is 5.91 Å². The Morgan fingerprint density at radius 2 is 1.77 bits per heavy atom. The van der Waals surface area contributed by atoms with E-state index in [0.717, 1.165) is 61.4 Å². The van der Waals surface area contributed by atoms with Crippen LogP contribution in [-0.4, -0.2) is 91.8 Å². The summed E-state index contributed by atoms with van der Waals surface area (Å²) in [5.74, 6) is 0.548. The number of carbonyl (C=O) groups excluding carboxylic acids is 3. The van der Waals surface area contributed by atoms with Gasteiger partial charge in [-0.25, -0.2) is 9.31 Å². The van der Waals surface area contributed by atoms with Gasteiger partial charge in [0.15, 0.2) is 5.78 Å². The lowest BCUT2D eigenvalue weighted by molar-refractivity contribution is -0.132. The SMILES string of the molecule is CC(C)(C)OC(=O)N1CC(=O)CC(n2cc(-c3cc4c(N5CCN(C(=O)C6CC6)CC5)ccnn4c3)cn2)C1. The normalized spacial score (nSPS) is 20.5. The summed E-state index contributed by atoms with van der Waals surface area (Å²) in [4.78, 5) is 43.3. The van der Waals surface area contributed by atoms with Crippen molar-refractivity contribution in [2.24, 2.45) is 5.92 Å². The van der Waals surface area contributed by atoms with E-state index in [0.29, 0.717) is 18.9 Å². The number of piperazine rings is 1. The maximum atomic E-state index is 12.6. The summed E-state index contributed by atoms with van der Waals surface area (Å²) in [6, 6.07) is 3.87.